The van der Waals surface area contributed by atoms with Crippen molar-refractivity contribution in [2.24, 2.45) is 39.8 Å². The zero-order valence-corrected chi connectivity index (χ0v) is 26.4. The second-order valence-electron chi connectivity index (χ2n) is 10.6. The molecule has 258 valence electrons. The number of halogens is 3. The molecule has 0 aliphatic carbocycles. The largest absolute Gasteiger partial charge is 0.490 e. The number of aliphatic carboxylic acids is 1. The number of nitrogens with zero attached hydrogens (tertiary/aromatic N) is 3. The van der Waals surface area contributed by atoms with Crippen LogP contribution in [0.3, 0.4) is 0 Å². The Morgan fingerprint density at radius 1 is 1.00 bits per heavy atom. The number of rotatable bonds is 15. The second-order valence-corrected chi connectivity index (χ2v) is 10.6. The number of aliphatic imine (C=N–C) groups is 1. The first kappa shape index (κ1) is 41.1. The zero-order valence-electron chi connectivity index (χ0n) is 26.4. The highest BCUT2D eigenvalue weighted by Gasteiger charge is 2.39. The van der Waals surface area contributed by atoms with Crippen molar-refractivity contribution < 1.29 is 42.3 Å². The smallest absolute Gasteiger partial charge is 0.475 e. The van der Waals surface area contributed by atoms with Crippen LogP contribution < -0.4 is 28.3 Å². The molecule has 0 heterocycles. The number of hydrogen-bond donors (Lipinski definition) is 7. The standard InChI is InChI=1S/C26H43N9O4.C2HF3O2/c1-6-15(2)20(23(37)33-19(22(29)36)8-7-13-32-26(30)31)35(5)25(39)18(24(38)34(3)4)14-16-9-11-17(12-10-16)21(27)28;3-2(4,5)1(6)7/h9-12,15,18-20H,6-8,13-14H2,1-5H3,(H3,27,28)(H2,29,36)(H,33,37)(H4,30,31,32);(H,6,7)/t15?,18?,19-,20-;/m0./s1. The van der Waals surface area contributed by atoms with Gasteiger partial charge in [-0.1, -0.05) is 44.5 Å². The summed E-state index contributed by atoms with van der Waals surface area (Å²) >= 11 is 0. The Labute approximate surface area is 265 Å². The van der Waals surface area contributed by atoms with Crippen LogP contribution in [0.15, 0.2) is 29.3 Å². The van der Waals surface area contributed by atoms with Crippen molar-refractivity contribution in [1.82, 2.24) is 15.1 Å². The Bertz CT molecular complexity index is 1250. The number of amidine groups is 1. The molecule has 18 heteroatoms. The van der Waals surface area contributed by atoms with Gasteiger partial charge >= 0.3 is 12.1 Å². The van der Waals surface area contributed by atoms with Gasteiger partial charge in [0.2, 0.25) is 23.6 Å². The Morgan fingerprint density at radius 2 is 1.52 bits per heavy atom. The normalized spacial score (nSPS) is 13.4. The number of nitrogens with one attached hydrogen (secondary N) is 2. The van der Waals surface area contributed by atoms with Crippen molar-refractivity contribution in [3.05, 3.63) is 35.4 Å². The SMILES string of the molecule is CCC(C)[C@@H](C(=O)N[C@@H](CCCN=C(N)N)C(N)=O)N(C)C(=O)C(Cc1ccc(C(=N)N)cc1)C(=O)N(C)C.O=C(O)C(F)(F)F. The summed E-state index contributed by atoms with van der Waals surface area (Å²) in [6, 6.07) is 4.77. The number of carbonyl (C=O) groups excluding carboxylic acids is 4. The molecule has 0 fully saturated rings. The van der Waals surface area contributed by atoms with Gasteiger partial charge in [0, 0.05) is 33.3 Å². The first-order valence-corrected chi connectivity index (χ1v) is 14.0. The van der Waals surface area contributed by atoms with E-state index in [4.69, 9.17) is 38.2 Å². The Morgan fingerprint density at radius 3 is 1.91 bits per heavy atom. The topological polar surface area (TPSA) is 264 Å². The maximum absolute atomic E-state index is 13.7. The summed E-state index contributed by atoms with van der Waals surface area (Å²) in [5.74, 6) is -6.54. The lowest BCUT2D eigenvalue weighted by Gasteiger charge is -2.35. The fourth-order valence-corrected chi connectivity index (χ4v) is 4.12. The molecule has 0 spiro atoms. The lowest BCUT2D eigenvalue weighted by Crippen LogP contribution is -2.57. The third kappa shape index (κ3) is 13.8. The average Bonchev–Trinajstić information content (AvgIpc) is 2.96. The minimum atomic E-state index is -5.08. The average molecular weight is 660 g/mol. The number of likely N-dealkylation sites (N-methyl/N-ethyl adjacent to an activating group) is 1. The molecule has 4 amide bonds. The molecule has 1 aromatic carbocycles. The summed E-state index contributed by atoms with van der Waals surface area (Å²) in [6.45, 7) is 3.95. The van der Waals surface area contributed by atoms with Gasteiger partial charge in [0.1, 0.15) is 23.8 Å². The first-order valence-electron chi connectivity index (χ1n) is 14.0. The van der Waals surface area contributed by atoms with Crippen LogP contribution in [-0.2, 0) is 30.4 Å². The van der Waals surface area contributed by atoms with E-state index in [1.807, 2.05) is 13.8 Å². The number of guanidine groups is 1. The Kier molecular flexibility index (Phi) is 16.8. The third-order valence-electron chi connectivity index (χ3n) is 6.81. The van der Waals surface area contributed by atoms with Crippen LogP contribution in [-0.4, -0.2) is 102 Å². The van der Waals surface area contributed by atoms with E-state index in [-0.39, 0.29) is 37.1 Å². The van der Waals surface area contributed by atoms with Crippen molar-refractivity contribution >= 4 is 41.4 Å². The molecule has 1 rings (SSSR count). The molecule has 0 aliphatic heterocycles. The predicted octanol–water partition coefficient (Wildman–Crippen LogP) is -0.252. The van der Waals surface area contributed by atoms with E-state index in [9.17, 15) is 32.3 Å². The molecule has 0 radical (unpaired) electrons. The second kappa shape index (κ2) is 18.8. The van der Waals surface area contributed by atoms with Crippen LogP contribution >= 0.6 is 0 Å². The number of alkyl halides is 3. The molecule has 2 unspecified atom stereocenters. The number of amides is 4. The quantitative estimate of drug-likeness (QED) is 0.0565. The van der Waals surface area contributed by atoms with Crippen LogP contribution in [0.1, 0.15) is 44.2 Å². The first-order chi connectivity index (χ1) is 21.1. The van der Waals surface area contributed by atoms with Crippen LogP contribution in [0.5, 0.6) is 0 Å². The Balaban J connectivity index is 0.00000258. The number of nitrogen functional groups attached to an aromatic ring is 1. The minimum Gasteiger partial charge on any atom is -0.475 e. The fraction of sp³-hybridized carbons (Fsp3) is 0.536. The van der Waals surface area contributed by atoms with Gasteiger partial charge in [-0.25, -0.2) is 4.79 Å². The summed E-state index contributed by atoms with van der Waals surface area (Å²) in [4.78, 5) is 67.7. The van der Waals surface area contributed by atoms with E-state index in [1.54, 1.807) is 38.4 Å². The van der Waals surface area contributed by atoms with Crippen LogP contribution in [0.2, 0.25) is 0 Å². The van der Waals surface area contributed by atoms with E-state index in [0.29, 0.717) is 24.0 Å². The van der Waals surface area contributed by atoms with Crippen molar-refractivity contribution in [2.75, 3.05) is 27.7 Å². The van der Waals surface area contributed by atoms with E-state index < -0.39 is 53.8 Å². The van der Waals surface area contributed by atoms with Crippen LogP contribution in [0, 0.1) is 17.2 Å². The highest BCUT2D eigenvalue weighted by molar-refractivity contribution is 6.02. The predicted molar refractivity (Wildman–Crippen MR) is 164 cm³/mol. The van der Waals surface area contributed by atoms with Crippen molar-refractivity contribution in [1.29, 1.82) is 5.41 Å². The molecule has 46 heavy (non-hydrogen) atoms. The lowest BCUT2D eigenvalue weighted by molar-refractivity contribution is -0.192. The van der Waals surface area contributed by atoms with E-state index in [2.05, 4.69) is 10.3 Å². The third-order valence-corrected chi connectivity index (χ3v) is 6.81. The zero-order chi connectivity index (χ0) is 35.9. The van der Waals surface area contributed by atoms with Gasteiger partial charge in [-0.05, 0) is 30.7 Å². The lowest BCUT2D eigenvalue weighted by atomic mass is 9.92. The van der Waals surface area contributed by atoms with Gasteiger partial charge < -0.3 is 43.2 Å². The molecule has 0 saturated heterocycles. The van der Waals surface area contributed by atoms with Crippen LogP contribution in [0.4, 0.5) is 13.2 Å². The van der Waals surface area contributed by atoms with Gasteiger partial charge in [-0.15, -0.1) is 0 Å². The molecule has 0 saturated carbocycles. The number of benzene rings is 1. The Hall–Kier alpha value is -4.90. The minimum absolute atomic E-state index is 0.0803. The highest BCUT2D eigenvalue weighted by Crippen LogP contribution is 2.21. The number of carboxylic acid groups (broad SMARTS) is 1. The number of carbonyl (C=O) groups is 5. The monoisotopic (exact) mass is 659 g/mol. The molecule has 0 bridgehead atoms. The molecule has 0 aromatic heterocycles. The molecular weight excluding hydrogens is 615 g/mol. The number of primary amides is 1. The molecule has 1 aromatic rings. The molecule has 4 atom stereocenters. The van der Waals surface area contributed by atoms with Gasteiger partial charge in [0.15, 0.2) is 5.96 Å². The maximum atomic E-state index is 13.7. The van der Waals surface area contributed by atoms with Gasteiger partial charge in [0.25, 0.3) is 0 Å². The maximum Gasteiger partial charge on any atom is 0.490 e. The van der Waals surface area contributed by atoms with Crippen molar-refractivity contribution in [3.63, 3.8) is 0 Å². The van der Waals surface area contributed by atoms with Crippen molar-refractivity contribution in [3.8, 4) is 0 Å². The summed E-state index contributed by atoms with van der Waals surface area (Å²) in [7, 11) is 4.59. The van der Waals surface area contributed by atoms with Gasteiger partial charge in [-0.3, -0.25) is 29.6 Å². The van der Waals surface area contributed by atoms with Crippen LogP contribution in [0.25, 0.3) is 0 Å². The summed E-state index contributed by atoms with van der Waals surface area (Å²) in [6.07, 6.45) is -3.83. The summed E-state index contributed by atoms with van der Waals surface area (Å²) in [5, 5.41) is 17.3. The van der Waals surface area contributed by atoms with Gasteiger partial charge in [-0.2, -0.15) is 13.2 Å². The number of hydrogen-bond acceptors (Lipinski definition) is 7. The summed E-state index contributed by atoms with van der Waals surface area (Å²) in [5.41, 5.74) is 22.9. The number of nitrogens with two attached hydrogens (primary N) is 4. The highest BCUT2D eigenvalue weighted by atomic mass is 19.4. The van der Waals surface area contributed by atoms with E-state index in [0.717, 1.165) is 0 Å². The molecule has 15 nitrogen and oxygen atoms in total. The molecular formula is C28H44F3N9O6. The summed E-state index contributed by atoms with van der Waals surface area (Å²) < 4.78 is 31.7. The van der Waals surface area contributed by atoms with Gasteiger partial charge in [0.05, 0.1) is 0 Å². The van der Waals surface area contributed by atoms with E-state index >= 15 is 0 Å². The molecule has 0 aliphatic rings. The molecule has 11 N–H and O–H groups in total. The van der Waals surface area contributed by atoms with E-state index in [1.165, 1.54) is 16.8 Å². The fourth-order valence-electron chi connectivity index (χ4n) is 4.12. The van der Waals surface area contributed by atoms with Crippen molar-refractivity contribution in [2.45, 2.75) is 57.8 Å². The number of carboxylic acids is 1.